The average Bonchev–Trinajstić information content (AvgIpc) is 2.86. The highest BCUT2D eigenvalue weighted by Gasteiger charge is 2.33. The minimum Gasteiger partial charge on any atom is -0.466 e. The van der Waals surface area contributed by atoms with Crippen LogP contribution in [0, 0.1) is 10.1 Å². The molecule has 2 aromatic carbocycles. The maximum atomic E-state index is 13.0. The number of nitrogens with two attached hydrogens (primary N) is 1. The van der Waals surface area contributed by atoms with Crippen LogP contribution in [0.25, 0.3) is 0 Å². The summed E-state index contributed by atoms with van der Waals surface area (Å²) in [7, 11) is -3.34. The van der Waals surface area contributed by atoms with Crippen LogP contribution < -0.4 is 11.1 Å². The Morgan fingerprint density at radius 3 is 2.03 bits per heavy atom. The van der Waals surface area contributed by atoms with Gasteiger partial charge < -0.3 is 24.8 Å². The van der Waals surface area contributed by atoms with Gasteiger partial charge in [0.1, 0.15) is 6.04 Å². The molecule has 206 valence electrons. The Balaban J connectivity index is 2.29. The normalized spacial score (nSPS) is 12.8. The molecule has 0 aliphatic heterocycles. The molecule has 0 heterocycles. The van der Waals surface area contributed by atoms with Crippen molar-refractivity contribution in [1.29, 1.82) is 0 Å². The second-order valence-corrected chi connectivity index (χ2v) is 10.2. The average molecular weight is 550 g/mol. The lowest BCUT2D eigenvalue weighted by atomic mass is 9.87. The lowest BCUT2D eigenvalue weighted by Gasteiger charge is -2.25. The van der Waals surface area contributed by atoms with E-state index in [0.29, 0.717) is 11.1 Å². The summed E-state index contributed by atoms with van der Waals surface area (Å²) in [5, 5.41) is 13.6. The number of esters is 1. The molecule has 0 saturated heterocycles. The Kier molecular flexibility index (Phi) is 11.6. The zero-order valence-electron chi connectivity index (χ0n) is 21.5. The molecular formula is C25H32N3O9P. The lowest BCUT2D eigenvalue weighted by Crippen LogP contribution is -2.48. The van der Waals surface area contributed by atoms with E-state index in [1.165, 1.54) is 36.4 Å². The minimum atomic E-state index is -3.34. The number of nitrogens with one attached hydrogen (secondary N) is 1. The summed E-state index contributed by atoms with van der Waals surface area (Å²) in [6.45, 7) is 5.57. The van der Waals surface area contributed by atoms with Gasteiger partial charge in [-0.05, 0) is 44.0 Å². The van der Waals surface area contributed by atoms with Gasteiger partial charge in [0.05, 0.1) is 37.3 Å². The Hall–Kier alpha value is -3.60. The second-order valence-electron chi connectivity index (χ2n) is 8.12. The zero-order chi connectivity index (χ0) is 28.3. The van der Waals surface area contributed by atoms with Gasteiger partial charge in [0.15, 0.2) is 0 Å². The first-order valence-corrected chi connectivity index (χ1v) is 13.7. The lowest BCUT2D eigenvalue weighted by molar-refractivity contribution is -0.384. The van der Waals surface area contributed by atoms with Gasteiger partial charge in [-0.2, -0.15) is 0 Å². The molecule has 0 aliphatic rings. The van der Waals surface area contributed by atoms with E-state index >= 15 is 0 Å². The van der Waals surface area contributed by atoms with Crippen molar-refractivity contribution in [3.8, 4) is 0 Å². The highest BCUT2D eigenvalue weighted by Crippen LogP contribution is 2.51. The highest BCUT2D eigenvalue weighted by molar-refractivity contribution is 7.53. The third-order valence-electron chi connectivity index (χ3n) is 5.46. The maximum absolute atomic E-state index is 13.0. The molecule has 0 fully saturated rings. The minimum absolute atomic E-state index is 0.0161. The highest BCUT2D eigenvalue weighted by atomic mass is 31.2. The van der Waals surface area contributed by atoms with Gasteiger partial charge in [0.2, 0.25) is 5.91 Å². The van der Waals surface area contributed by atoms with Crippen LogP contribution in [0.5, 0.6) is 0 Å². The smallest absolute Gasteiger partial charge is 0.335 e. The third-order valence-corrected chi connectivity index (χ3v) is 7.52. The Labute approximate surface area is 220 Å². The zero-order valence-corrected chi connectivity index (χ0v) is 22.3. The standard InChI is InChI=1S/C25H32N3O9P/c1-4-35-22(29)15-21(18-11-13-20(14-12-18)28(32)33)23(24(26)30)27-25(31)19-9-7-17(8-10-19)16-38(34,36-5-2)37-6-3/h7-14,21,23H,4-6,15-16H2,1-3H3,(H2,26,30)(H,27,31)/t21-,23-/m1/s1. The van der Waals surface area contributed by atoms with Crippen LogP contribution in [-0.2, 0) is 34.1 Å². The molecular weight excluding hydrogens is 517 g/mol. The molecule has 0 aromatic heterocycles. The first-order valence-electron chi connectivity index (χ1n) is 12.0. The number of benzene rings is 2. The first-order chi connectivity index (χ1) is 18.0. The van der Waals surface area contributed by atoms with E-state index < -0.39 is 42.3 Å². The van der Waals surface area contributed by atoms with E-state index in [4.69, 9.17) is 19.5 Å². The number of carbonyl (C=O) groups is 3. The van der Waals surface area contributed by atoms with E-state index in [1.807, 2.05) is 0 Å². The van der Waals surface area contributed by atoms with Crippen LogP contribution in [0.3, 0.4) is 0 Å². The number of primary amides is 1. The quantitative estimate of drug-likeness (QED) is 0.145. The van der Waals surface area contributed by atoms with Gasteiger partial charge in [-0.3, -0.25) is 29.1 Å². The number of carbonyl (C=O) groups excluding carboxylic acids is 3. The fraction of sp³-hybridized carbons (Fsp3) is 0.400. The van der Waals surface area contributed by atoms with Crippen molar-refractivity contribution >= 4 is 31.1 Å². The molecule has 0 radical (unpaired) electrons. The molecule has 2 atom stereocenters. The predicted octanol–water partition coefficient (Wildman–Crippen LogP) is 3.68. The van der Waals surface area contributed by atoms with Gasteiger partial charge in [0, 0.05) is 23.6 Å². The summed E-state index contributed by atoms with van der Waals surface area (Å²) < 4.78 is 28.4. The fourth-order valence-corrected chi connectivity index (χ4v) is 5.47. The summed E-state index contributed by atoms with van der Waals surface area (Å²) in [5.41, 5.74) is 6.60. The Bertz CT molecular complexity index is 1160. The maximum Gasteiger partial charge on any atom is 0.335 e. The number of non-ortho nitro benzene ring substituents is 1. The molecule has 0 spiro atoms. The Morgan fingerprint density at radius 2 is 1.55 bits per heavy atom. The van der Waals surface area contributed by atoms with Crippen molar-refractivity contribution < 1.29 is 37.7 Å². The van der Waals surface area contributed by atoms with Gasteiger partial charge in [0.25, 0.3) is 11.6 Å². The number of amides is 2. The van der Waals surface area contributed by atoms with Crippen LogP contribution in [0.15, 0.2) is 48.5 Å². The van der Waals surface area contributed by atoms with Crippen molar-refractivity contribution in [2.75, 3.05) is 19.8 Å². The van der Waals surface area contributed by atoms with E-state index in [-0.39, 0.29) is 43.7 Å². The summed E-state index contributed by atoms with van der Waals surface area (Å²) in [6.07, 6.45) is -0.287. The predicted molar refractivity (Wildman–Crippen MR) is 139 cm³/mol. The molecule has 12 nitrogen and oxygen atoms in total. The van der Waals surface area contributed by atoms with Gasteiger partial charge in [-0.1, -0.05) is 24.3 Å². The number of rotatable bonds is 15. The van der Waals surface area contributed by atoms with Crippen LogP contribution in [0.4, 0.5) is 5.69 Å². The van der Waals surface area contributed by atoms with Gasteiger partial charge in [-0.25, -0.2) is 0 Å². The number of ether oxygens (including phenoxy) is 1. The molecule has 0 bridgehead atoms. The van der Waals surface area contributed by atoms with Crippen molar-refractivity contribution in [3.05, 3.63) is 75.3 Å². The van der Waals surface area contributed by atoms with Gasteiger partial charge in [-0.15, -0.1) is 0 Å². The Morgan fingerprint density at radius 1 is 0.974 bits per heavy atom. The third kappa shape index (κ3) is 8.76. The monoisotopic (exact) mass is 549 g/mol. The molecule has 0 saturated carbocycles. The largest absolute Gasteiger partial charge is 0.466 e. The molecule has 38 heavy (non-hydrogen) atoms. The van der Waals surface area contributed by atoms with Crippen LogP contribution in [0.1, 0.15) is 54.6 Å². The van der Waals surface area contributed by atoms with E-state index in [1.54, 1.807) is 32.9 Å². The molecule has 2 amide bonds. The van der Waals surface area contributed by atoms with E-state index in [2.05, 4.69) is 5.32 Å². The fourth-order valence-electron chi connectivity index (χ4n) is 3.77. The van der Waals surface area contributed by atoms with Crippen molar-refractivity contribution in [2.24, 2.45) is 5.73 Å². The SMILES string of the molecule is CCOC(=O)C[C@H](c1ccc([N+](=O)[O-])cc1)[C@@H](NC(=O)c1ccc(CP(=O)(OCC)OCC)cc1)C(N)=O. The number of nitrogens with zero attached hydrogens (tertiary/aromatic N) is 1. The summed E-state index contributed by atoms with van der Waals surface area (Å²) in [5.74, 6) is -3.13. The molecule has 2 rings (SSSR count). The number of nitro groups is 1. The second kappa shape index (κ2) is 14.4. The molecule has 2 aromatic rings. The van der Waals surface area contributed by atoms with Crippen molar-refractivity contribution in [2.45, 2.75) is 45.3 Å². The van der Waals surface area contributed by atoms with E-state index in [9.17, 15) is 29.1 Å². The van der Waals surface area contributed by atoms with Crippen molar-refractivity contribution in [1.82, 2.24) is 5.32 Å². The molecule has 13 heteroatoms. The van der Waals surface area contributed by atoms with Crippen LogP contribution in [-0.4, -0.2) is 48.6 Å². The summed E-state index contributed by atoms with van der Waals surface area (Å²) in [4.78, 5) is 48.2. The summed E-state index contributed by atoms with van der Waals surface area (Å²) >= 11 is 0. The first kappa shape index (κ1) is 30.6. The van der Waals surface area contributed by atoms with Crippen LogP contribution in [0.2, 0.25) is 0 Å². The topological polar surface area (TPSA) is 177 Å². The molecule has 0 aliphatic carbocycles. The van der Waals surface area contributed by atoms with E-state index in [0.717, 1.165) is 0 Å². The van der Waals surface area contributed by atoms with Crippen molar-refractivity contribution in [3.63, 3.8) is 0 Å². The number of nitro benzene ring substituents is 1. The number of hydrogen-bond donors (Lipinski definition) is 2. The molecule has 0 unspecified atom stereocenters. The van der Waals surface area contributed by atoms with Crippen LogP contribution >= 0.6 is 7.60 Å². The van der Waals surface area contributed by atoms with Gasteiger partial charge >= 0.3 is 13.6 Å². The summed E-state index contributed by atoms with van der Waals surface area (Å²) in [6, 6.07) is 10.1. The molecule has 3 N–H and O–H groups in total. The number of hydrogen-bond acceptors (Lipinski definition) is 9.